The summed E-state index contributed by atoms with van der Waals surface area (Å²) in [5.41, 5.74) is 2.22. The molecule has 2 aromatic carbocycles. The summed E-state index contributed by atoms with van der Waals surface area (Å²) in [6, 6.07) is 13.2. The number of hydrogen-bond donors (Lipinski definition) is 2. The maximum absolute atomic E-state index is 13.3. The van der Waals surface area contributed by atoms with Crippen molar-refractivity contribution in [2.45, 2.75) is 19.5 Å². The quantitative estimate of drug-likeness (QED) is 0.907. The zero-order chi connectivity index (χ0) is 17.1. The van der Waals surface area contributed by atoms with Gasteiger partial charge in [-0.2, -0.15) is 0 Å². The van der Waals surface area contributed by atoms with Gasteiger partial charge in [0.25, 0.3) is 0 Å². The fraction of sp³-hybridized carbons (Fsp3) is 0.222. The maximum atomic E-state index is 13.3. The molecule has 0 spiro atoms. The maximum Gasteiger partial charge on any atom is 0.322 e. The minimum Gasteiger partial charge on any atom is -0.348 e. The minimum absolute atomic E-state index is 0.0844. The number of carbonyl (C=O) groups is 2. The first-order valence-electron chi connectivity index (χ1n) is 7.71. The van der Waals surface area contributed by atoms with Crippen LogP contribution in [-0.2, 0) is 11.3 Å². The number of anilines is 1. The molecule has 2 N–H and O–H groups in total. The van der Waals surface area contributed by atoms with Crippen LogP contribution in [0.4, 0.5) is 14.9 Å². The number of urea groups is 1. The van der Waals surface area contributed by atoms with E-state index in [4.69, 9.17) is 0 Å². The first-order chi connectivity index (χ1) is 11.5. The minimum atomic E-state index is -0.369. The molecule has 24 heavy (non-hydrogen) atoms. The summed E-state index contributed by atoms with van der Waals surface area (Å²) in [4.78, 5) is 25.6. The second kappa shape index (κ2) is 6.70. The van der Waals surface area contributed by atoms with Gasteiger partial charge in [0.1, 0.15) is 12.4 Å². The standard InChI is InChI=1S/C18H18FN3O2/c1-12(13-5-3-2-4-6-13)20-17(23)11-22-10-14-9-15(19)7-8-16(14)21-18(22)24/h2-9,12H,10-11H2,1H3,(H,20,23)(H,21,24)/t12-/m0/s1. The van der Waals surface area contributed by atoms with E-state index in [1.807, 2.05) is 37.3 Å². The topological polar surface area (TPSA) is 61.4 Å². The van der Waals surface area contributed by atoms with E-state index in [1.165, 1.54) is 23.1 Å². The van der Waals surface area contributed by atoms with Crippen LogP contribution in [0.2, 0.25) is 0 Å². The summed E-state index contributed by atoms with van der Waals surface area (Å²) in [5.74, 6) is -0.631. The number of fused-ring (bicyclic) bond motifs is 1. The van der Waals surface area contributed by atoms with Gasteiger partial charge in [-0.1, -0.05) is 30.3 Å². The van der Waals surface area contributed by atoms with Crippen molar-refractivity contribution in [3.63, 3.8) is 0 Å². The molecule has 1 aliphatic rings. The molecule has 0 unspecified atom stereocenters. The Bertz CT molecular complexity index is 764. The third-order valence-electron chi connectivity index (χ3n) is 3.97. The van der Waals surface area contributed by atoms with Gasteiger partial charge in [0.15, 0.2) is 0 Å². The smallest absolute Gasteiger partial charge is 0.322 e. The molecule has 0 fully saturated rings. The summed E-state index contributed by atoms with van der Waals surface area (Å²) in [6.45, 7) is 2.00. The molecule has 1 atom stereocenters. The monoisotopic (exact) mass is 327 g/mol. The predicted octanol–water partition coefficient (Wildman–Crippen LogP) is 3.05. The Morgan fingerprint density at radius 3 is 2.79 bits per heavy atom. The van der Waals surface area contributed by atoms with Crippen LogP contribution in [0.15, 0.2) is 48.5 Å². The lowest BCUT2D eigenvalue weighted by Gasteiger charge is -2.29. The predicted molar refractivity (Wildman–Crippen MR) is 88.8 cm³/mol. The molecule has 1 aliphatic heterocycles. The largest absolute Gasteiger partial charge is 0.348 e. The molecule has 0 bridgehead atoms. The summed E-state index contributed by atoms with van der Waals surface area (Å²) in [5, 5.41) is 5.53. The van der Waals surface area contributed by atoms with Gasteiger partial charge in [-0.15, -0.1) is 0 Å². The average Bonchev–Trinajstić information content (AvgIpc) is 2.56. The third-order valence-corrected chi connectivity index (χ3v) is 3.97. The highest BCUT2D eigenvalue weighted by molar-refractivity contribution is 5.94. The lowest BCUT2D eigenvalue weighted by atomic mass is 10.1. The highest BCUT2D eigenvalue weighted by atomic mass is 19.1. The fourth-order valence-corrected chi connectivity index (χ4v) is 2.70. The Labute approximate surface area is 139 Å². The molecule has 124 valence electrons. The molecule has 3 amide bonds. The van der Waals surface area contributed by atoms with Gasteiger partial charge in [0, 0.05) is 5.69 Å². The number of carbonyl (C=O) groups excluding carboxylic acids is 2. The number of benzene rings is 2. The molecule has 0 saturated heterocycles. The van der Waals surface area contributed by atoms with Crippen LogP contribution in [-0.4, -0.2) is 23.4 Å². The summed E-state index contributed by atoms with van der Waals surface area (Å²) in [6.07, 6.45) is 0. The van der Waals surface area contributed by atoms with Crippen LogP contribution in [0.3, 0.4) is 0 Å². The molecule has 2 aromatic rings. The SMILES string of the molecule is C[C@H](NC(=O)CN1Cc2cc(F)ccc2NC1=O)c1ccccc1. The second-order valence-electron chi connectivity index (χ2n) is 5.79. The molecule has 6 heteroatoms. The Morgan fingerprint density at radius 1 is 1.29 bits per heavy atom. The molecule has 3 rings (SSSR count). The fourth-order valence-electron chi connectivity index (χ4n) is 2.70. The second-order valence-corrected chi connectivity index (χ2v) is 5.79. The zero-order valence-electron chi connectivity index (χ0n) is 13.3. The first kappa shape index (κ1) is 16.0. The van der Waals surface area contributed by atoms with Gasteiger partial charge < -0.3 is 15.5 Å². The third kappa shape index (κ3) is 3.53. The number of nitrogens with one attached hydrogen (secondary N) is 2. The van der Waals surface area contributed by atoms with Gasteiger partial charge in [-0.3, -0.25) is 4.79 Å². The van der Waals surface area contributed by atoms with Gasteiger partial charge in [-0.05, 0) is 36.2 Å². The molecule has 0 aromatic heterocycles. The van der Waals surface area contributed by atoms with E-state index in [1.54, 1.807) is 0 Å². The van der Waals surface area contributed by atoms with Crippen LogP contribution in [0, 0.1) is 5.82 Å². The average molecular weight is 327 g/mol. The van der Waals surface area contributed by atoms with E-state index in [2.05, 4.69) is 10.6 Å². The van der Waals surface area contributed by atoms with Crippen LogP contribution in [0.25, 0.3) is 0 Å². The molecule has 0 saturated carbocycles. The normalized spacial score (nSPS) is 14.6. The van der Waals surface area contributed by atoms with Gasteiger partial charge in [0.05, 0.1) is 12.6 Å². The summed E-state index contributed by atoms with van der Waals surface area (Å²) < 4.78 is 13.3. The van der Waals surface area contributed by atoms with Crippen molar-refractivity contribution < 1.29 is 14.0 Å². The van der Waals surface area contributed by atoms with Crippen LogP contribution in [0.1, 0.15) is 24.1 Å². The van der Waals surface area contributed by atoms with Gasteiger partial charge >= 0.3 is 6.03 Å². The number of hydrogen-bond acceptors (Lipinski definition) is 2. The Kier molecular flexibility index (Phi) is 4.46. The van der Waals surface area contributed by atoms with E-state index < -0.39 is 0 Å². The van der Waals surface area contributed by atoms with Crippen LogP contribution in [0.5, 0.6) is 0 Å². The van der Waals surface area contributed by atoms with Crippen LogP contribution >= 0.6 is 0 Å². The summed E-state index contributed by atoms with van der Waals surface area (Å²) in [7, 11) is 0. The number of rotatable bonds is 4. The number of halogens is 1. The van der Waals surface area contributed by atoms with Crippen molar-refractivity contribution in [3.8, 4) is 0 Å². The lowest BCUT2D eigenvalue weighted by Crippen LogP contribution is -2.45. The van der Waals surface area contributed by atoms with E-state index >= 15 is 0 Å². The number of amides is 3. The Morgan fingerprint density at radius 2 is 2.04 bits per heavy atom. The van der Waals surface area contributed by atoms with Gasteiger partial charge in [-0.25, -0.2) is 9.18 Å². The molecule has 0 radical (unpaired) electrons. The molecule has 0 aliphatic carbocycles. The van der Waals surface area contributed by atoms with Crippen molar-refractivity contribution in [2.24, 2.45) is 0 Å². The highest BCUT2D eigenvalue weighted by Crippen LogP contribution is 2.23. The summed E-state index contributed by atoms with van der Waals surface area (Å²) >= 11 is 0. The Balaban J connectivity index is 1.63. The van der Waals surface area contributed by atoms with Crippen molar-refractivity contribution >= 4 is 17.6 Å². The van der Waals surface area contributed by atoms with Gasteiger partial charge in [0.2, 0.25) is 5.91 Å². The van der Waals surface area contributed by atoms with Crippen molar-refractivity contribution in [1.29, 1.82) is 0 Å². The van der Waals surface area contributed by atoms with Crippen molar-refractivity contribution in [1.82, 2.24) is 10.2 Å². The number of nitrogens with zero attached hydrogens (tertiary/aromatic N) is 1. The first-order valence-corrected chi connectivity index (χ1v) is 7.71. The van der Waals surface area contributed by atoms with E-state index in [0.29, 0.717) is 11.3 Å². The van der Waals surface area contributed by atoms with E-state index in [-0.39, 0.29) is 36.9 Å². The molecular weight excluding hydrogens is 309 g/mol. The van der Waals surface area contributed by atoms with Crippen molar-refractivity contribution in [2.75, 3.05) is 11.9 Å². The van der Waals surface area contributed by atoms with Crippen LogP contribution < -0.4 is 10.6 Å². The lowest BCUT2D eigenvalue weighted by molar-refractivity contribution is -0.122. The van der Waals surface area contributed by atoms with E-state index in [9.17, 15) is 14.0 Å². The Hall–Kier alpha value is -2.89. The molecule has 5 nitrogen and oxygen atoms in total. The van der Waals surface area contributed by atoms with Crippen molar-refractivity contribution in [3.05, 3.63) is 65.5 Å². The molecule has 1 heterocycles. The molecular formula is C18H18FN3O2. The van der Waals surface area contributed by atoms with E-state index in [0.717, 1.165) is 5.56 Å². The highest BCUT2D eigenvalue weighted by Gasteiger charge is 2.25. The zero-order valence-corrected chi connectivity index (χ0v) is 13.3.